The molecule has 5 atom stereocenters. The number of esters is 1. The zero-order chi connectivity index (χ0) is 25.5. The van der Waals surface area contributed by atoms with Crippen molar-refractivity contribution in [1.29, 1.82) is 0 Å². The summed E-state index contributed by atoms with van der Waals surface area (Å²) in [4.78, 5) is 25.9. The highest BCUT2D eigenvalue weighted by Crippen LogP contribution is 2.24. The Labute approximate surface area is 213 Å². The summed E-state index contributed by atoms with van der Waals surface area (Å²) in [6, 6.07) is 9.22. The van der Waals surface area contributed by atoms with Gasteiger partial charge in [-0.3, -0.25) is 4.79 Å². The van der Waals surface area contributed by atoms with Gasteiger partial charge in [-0.1, -0.05) is 70.9 Å². The summed E-state index contributed by atoms with van der Waals surface area (Å²) in [5.74, 6) is 1.66. The number of nitrogens with one attached hydrogen (secondary N) is 1. The molecule has 1 aromatic rings. The molecule has 0 aromatic heterocycles. The molecule has 0 spiro atoms. The SMILES string of the molecule is CCCC(NC(=O)C(Cc1ccccc1)OCC(CCC(C)CS)C(C)CC)C(=O)OC(C)C. The molecule has 6 heteroatoms. The van der Waals surface area contributed by atoms with Crippen LogP contribution in [0.4, 0.5) is 0 Å². The van der Waals surface area contributed by atoms with Gasteiger partial charge >= 0.3 is 5.97 Å². The number of hydrogen-bond acceptors (Lipinski definition) is 5. The first-order valence-corrected chi connectivity index (χ1v) is 13.6. The van der Waals surface area contributed by atoms with E-state index in [1.807, 2.05) is 51.1 Å². The Balaban J connectivity index is 2.97. The standard InChI is InChI=1S/C28H47NO4S/c1-7-12-25(28(31)33-20(3)4)29-27(30)26(17-23-13-10-9-11-14-23)32-18-24(22(6)8-2)16-15-21(5)19-34/h9-11,13-14,20-22,24-26,34H,7-8,12,15-19H2,1-6H3,(H,29,30). The van der Waals surface area contributed by atoms with Gasteiger partial charge in [-0.25, -0.2) is 4.79 Å². The van der Waals surface area contributed by atoms with Crippen molar-refractivity contribution < 1.29 is 19.1 Å². The van der Waals surface area contributed by atoms with Crippen LogP contribution >= 0.6 is 12.6 Å². The monoisotopic (exact) mass is 493 g/mol. The van der Waals surface area contributed by atoms with E-state index in [1.54, 1.807) is 0 Å². The molecule has 5 unspecified atom stereocenters. The van der Waals surface area contributed by atoms with Crippen molar-refractivity contribution in [2.24, 2.45) is 17.8 Å². The van der Waals surface area contributed by atoms with Crippen molar-refractivity contribution in [3.63, 3.8) is 0 Å². The summed E-state index contributed by atoms with van der Waals surface area (Å²) in [5.41, 5.74) is 1.03. The van der Waals surface area contributed by atoms with E-state index in [4.69, 9.17) is 9.47 Å². The van der Waals surface area contributed by atoms with Gasteiger partial charge in [0.2, 0.25) is 5.91 Å². The normalized spacial score (nSPS) is 15.9. The molecule has 1 rings (SSSR count). The van der Waals surface area contributed by atoms with E-state index in [9.17, 15) is 9.59 Å². The fourth-order valence-corrected chi connectivity index (χ4v) is 4.05. The quantitative estimate of drug-likeness (QED) is 0.211. The molecule has 5 nitrogen and oxygen atoms in total. The average molecular weight is 494 g/mol. The molecular formula is C28H47NO4S. The molecule has 1 aromatic carbocycles. The van der Waals surface area contributed by atoms with Crippen molar-refractivity contribution in [3.05, 3.63) is 35.9 Å². The first-order valence-electron chi connectivity index (χ1n) is 13.0. The van der Waals surface area contributed by atoms with Crippen molar-refractivity contribution in [1.82, 2.24) is 5.32 Å². The Hall–Kier alpha value is -1.53. The summed E-state index contributed by atoms with van der Waals surface area (Å²) in [7, 11) is 0. The van der Waals surface area contributed by atoms with Gasteiger partial charge in [0.15, 0.2) is 0 Å². The van der Waals surface area contributed by atoms with E-state index in [1.165, 1.54) is 0 Å². The molecule has 0 bridgehead atoms. The third-order valence-electron chi connectivity index (χ3n) is 6.39. The number of rotatable bonds is 17. The topological polar surface area (TPSA) is 64.6 Å². The van der Waals surface area contributed by atoms with Crippen LogP contribution in [-0.4, -0.2) is 42.5 Å². The maximum absolute atomic E-state index is 13.3. The highest BCUT2D eigenvalue weighted by molar-refractivity contribution is 7.80. The van der Waals surface area contributed by atoms with Gasteiger partial charge < -0.3 is 14.8 Å². The van der Waals surface area contributed by atoms with E-state index < -0.39 is 12.1 Å². The molecule has 0 saturated heterocycles. The number of benzene rings is 1. The summed E-state index contributed by atoms with van der Waals surface area (Å²) in [6.45, 7) is 12.8. The van der Waals surface area contributed by atoms with E-state index in [0.29, 0.717) is 37.2 Å². The Morgan fingerprint density at radius 3 is 2.24 bits per heavy atom. The third-order valence-corrected chi connectivity index (χ3v) is 7.01. The second kappa shape index (κ2) is 17.0. The van der Waals surface area contributed by atoms with Crippen LogP contribution in [0, 0.1) is 17.8 Å². The molecule has 0 aliphatic heterocycles. The molecular weight excluding hydrogens is 446 g/mol. The van der Waals surface area contributed by atoms with Crippen molar-refractivity contribution in [2.75, 3.05) is 12.4 Å². The molecule has 0 heterocycles. The number of carbonyl (C=O) groups excluding carboxylic acids is 2. The third kappa shape index (κ3) is 11.7. The van der Waals surface area contributed by atoms with Gasteiger partial charge in [-0.15, -0.1) is 0 Å². The smallest absolute Gasteiger partial charge is 0.328 e. The lowest BCUT2D eigenvalue weighted by atomic mass is 9.86. The Morgan fingerprint density at radius 2 is 1.68 bits per heavy atom. The van der Waals surface area contributed by atoms with Crippen LogP contribution in [0.3, 0.4) is 0 Å². The van der Waals surface area contributed by atoms with Crippen LogP contribution in [0.1, 0.15) is 79.2 Å². The molecule has 34 heavy (non-hydrogen) atoms. The van der Waals surface area contributed by atoms with Crippen LogP contribution in [0.2, 0.25) is 0 Å². The summed E-state index contributed by atoms with van der Waals surface area (Å²) >= 11 is 4.42. The average Bonchev–Trinajstić information content (AvgIpc) is 2.82. The molecule has 1 N–H and O–H groups in total. The Kier molecular flexibility index (Phi) is 15.2. The van der Waals surface area contributed by atoms with E-state index >= 15 is 0 Å². The predicted octanol–water partition coefficient (Wildman–Crippen LogP) is 5.86. The second-order valence-corrected chi connectivity index (χ2v) is 10.2. The van der Waals surface area contributed by atoms with Crippen molar-refractivity contribution >= 4 is 24.5 Å². The number of ether oxygens (including phenoxy) is 2. The minimum absolute atomic E-state index is 0.226. The number of hydrogen-bond donors (Lipinski definition) is 2. The Morgan fingerprint density at radius 1 is 1.00 bits per heavy atom. The molecule has 1 amide bonds. The Bertz CT molecular complexity index is 697. The molecule has 0 aliphatic rings. The first kappa shape index (κ1) is 30.5. The van der Waals surface area contributed by atoms with Crippen molar-refractivity contribution in [3.8, 4) is 0 Å². The predicted molar refractivity (Wildman–Crippen MR) is 143 cm³/mol. The molecule has 0 saturated carbocycles. The molecule has 194 valence electrons. The van der Waals surface area contributed by atoms with Gasteiger partial charge in [0.05, 0.1) is 12.7 Å². The lowest BCUT2D eigenvalue weighted by molar-refractivity contribution is -0.153. The van der Waals surface area contributed by atoms with E-state index in [0.717, 1.165) is 37.0 Å². The van der Waals surface area contributed by atoms with Crippen LogP contribution in [0.15, 0.2) is 30.3 Å². The van der Waals surface area contributed by atoms with Crippen LogP contribution in [0.25, 0.3) is 0 Å². The summed E-state index contributed by atoms with van der Waals surface area (Å²) in [5, 5.41) is 2.92. The van der Waals surface area contributed by atoms with Gasteiger partial charge in [-0.2, -0.15) is 12.6 Å². The second-order valence-electron chi connectivity index (χ2n) is 9.86. The number of amides is 1. The van der Waals surface area contributed by atoms with Gasteiger partial charge in [0.1, 0.15) is 12.1 Å². The van der Waals surface area contributed by atoms with E-state index in [2.05, 4.69) is 38.7 Å². The zero-order valence-corrected chi connectivity index (χ0v) is 23.0. The maximum Gasteiger partial charge on any atom is 0.328 e. The van der Waals surface area contributed by atoms with Crippen LogP contribution < -0.4 is 5.32 Å². The summed E-state index contributed by atoms with van der Waals surface area (Å²) < 4.78 is 11.7. The zero-order valence-electron chi connectivity index (χ0n) is 22.1. The maximum atomic E-state index is 13.3. The molecule has 0 aliphatic carbocycles. The molecule has 0 fully saturated rings. The van der Waals surface area contributed by atoms with Gasteiger partial charge in [0, 0.05) is 6.42 Å². The van der Waals surface area contributed by atoms with Crippen LogP contribution in [0.5, 0.6) is 0 Å². The fourth-order valence-electron chi connectivity index (χ4n) is 3.87. The van der Waals surface area contributed by atoms with Gasteiger partial charge in [0.25, 0.3) is 0 Å². The van der Waals surface area contributed by atoms with Gasteiger partial charge in [-0.05, 0) is 62.2 Å². The van der Waals surface area contributed by atoms with Crippen molar-refractivity contribution in [2.45, 2.75) is 98.3 Å². The minimum Gasteiger partial charge on any atom is -0.461 e. The fraction of sp³-hybridized carbons (Fsp3) is 0.714. The highest BCUT2D eigenvalue weighted by Gasteiger charge is 2.29. The lowest BCUT2D eigenvalue weighted by Gasteiger charge is -2.27. The van der Waals surface area contributed by atoms with Crippen LogP contribution in [-0.2, 0) is 25.5 Å². The first-order chi connectivity index (χ1) is 16.2. The van der Waals surface area contributed by atoms with E-state index in [-0.39, 0.29) is 18.0 Å². The largest absolute Gasteiger partial charge is 0.461 e. The highest BCUT2D eigenvalue weighted by atomic mass is 32.1. The number of carbonyl (C=O) groups is 2. The number of thiol groups is 1. The minimum atomic E-state index is -0.664. The lowest BCUT2D eigenvalue weighted by Crippen LogP contribution is -2.48. The summed E-state index contributed by atoms with van der Waals surface area (Å²) in [6.07, 6.45) is 4.09. The molecule has 0 radical (unpaired) electrons.